The number of piperazine rings is 1. The van der Waals surface area contributed by atoms with Gasteiger partial charge in [0.1, 0.15) is 5.82 Å². The zero-order chi connectivity index (χ0) is 18.7. The van der Waals surface area contributed by atoms with E-state index in [9.17, 15) is 4.79 Å². The number of rotatable bonds is 4. The lowest BCUT2D eigenvalue weighted by molar-refractivity contribution is -0.136. The van der Waals surface area contributed by atoms with Gasteiger partial charge in [-0.3, -0.25) is 4.79 Å². The number of nitrogens with zero attached hydrogens (tertiary/aromatic N) is 3. The Hall–Kier alpha value is -2.92. The van der Waals surface area contributed by atoms with Crippen LogP contribution in [0.5, 0.6) is 0 Å². The summed E-state index contributed by atoms with van der Waals surface area (Å²) < 4.78 is 0. The van der Waals surface area contributed by atoms with Gasteiger partial charge in [-0.15, -0.1) is 0 Å². The molecule has 0 bridgehead atoms. The van der Waals surface area contributed by atoms with E-state index in [0.717, 1.165) is 37.3 Å². The predicted octanol–water partition coefficient (Wildman–Crippen LogP) is 2.52. The number of likely N-dealkylation sites (N-methyl/N-ethyl adjacent to an activating group) is 1. The van der Waals surface area contributed by atoms with Crippen LogP contribution in [-0.2, 0) is 10.2 Å². The standard InChI is InChI=1S/C22H24N4O/c1-25-14-16-26(17-15-25)21(27)22(20-23-12-13-24-20,18-8-4-2-5-9-18)19-10-6-3-7-11-19/h2-13H,14-17H2,1H3,(H,23,24). The summed E-state index contributed by atoms with van der Waals surface area (Å²) in [5.74, 6) is 0.728. The predicted molar refractivity (Wildman–Crippen MR) is 105 cm³/mol. The van der Waals surface area contributed by atoms with Crippen LogP contribution in [0.3, 0.4) is 0 Å². The summed E-state index contributed by atoms with van der Waals surface area (Å²) in [4.78, 5) is 26.1. The molecule has 27 heavy (non-hydrogen) atoms. The van der Waals surface area contributed by atoms with Crippen LogP contribution in [0.25, 0.3) is 0 Å². The number of imidazole rings is 1. The second-order valence-corrected chi connectivity index (χ2v) is 7.02. The molecule has 5 heteroatoms. The van der Waals surface area contributed by atoms with Crippen molar-refractivity contribution in [2.75, 3.05) is 33.2 Å². The molecule has 0 spiro atoms. The van der Waals surface area contributed by atoms with Gasteiger partial charge in [0.05, 0.1) is 0 Å². The SMILES string of the molecule is CN1CCN(C(=O)C(c2ccccc2)(c2ccccc2)c2ncc[nH]2)CC1. The maximum atomic E-state index is 14.1. The molecule has 1 fully saturated rings. The fraction of sp³-hybridized carbons (Fsp3) is 0.273. The number of carbonyl (C=O) groups is 1. The number of aromatic nitrogens is 2. The molecule has 0 radical (unpaired) electrons. The molecule has 0 saturated carbocycles. The van der Waals surface area contributed by atoms with Gasteiger partial charge in [-0.05, 0) is 18.2 Å². The van der Waals surface area contributed by atoms with Gasteiger partial charge in [0.25, 0.3) is 0 Å². The number of aromatic amines is 1. The molecule has 3 aromatic rings. The Morgan fingerprint density at radius 2 is 1.48 bits per heavy atom. The molecule has 138 valence electrons. The first-order chi connectivity index (χ1) is 13.2. The van der Waals surface area contributed by atoms with Crippen molar-refractivity contribution in [2.24, 2.45) is 0 Å². The normalized spacial score (nSPS) is 15.7. The lowest BCUT2D eigenvalue weighted by Crippen LogP contribution is -2.55. The average Bonchev–Trinajstić information content (AvgIpc) is 3.26. The third kappa shape index (κ3) is 3.04. The average molecular weight is 360 g/mol. The van der Waals surface area contributed by atoms with Crippen LogP contribution in [0.2, 0.25) is 0 Å². The van der Waals surface area contributed by atoms with Crippen LogP contribution in [0, 0.1) is 0 Å². The number of benzene rings is 2. The Labute approximate surface area is 159 Å². The number of amides is 1. The highest BCUT2D eigenvalue weighted by atomic mass is 16.2. The first kappa shape index (κ1) is 17.5. The van der Waals surface area contributed by atoms with Crippen molar-refractivity contribution >= 4 is 5.91 Å². The van der Waals surface area contributed by atoms with Crippen molar-refractivity contribution in [3.63, 3.8) is 0 Å². The highest BCUT2D eigenvalue weighted by Gasteiger charge is 2.48. The topological polar surface area (TPSA) is 52.2 Å². The Balaban J connectivity index is 1.92. The molecule has 2 aromatic carbocycles. The molecule has 0 unspecified atom stereocenters. The highest BCUT2D eigenvalue weighted by Crippen LogP contribution is 2.39. The summed E-state index contributed by atoms with van der Waals surface area (Å²) in [6.07, 6.45) is 3.50. The van der Waals surface area contributed by atoms with Crippen LogP contribution >= 0.6 is 0 Å². The van der Waals surface area contributed by atoms with Crippen molar-refractivity contribution in [3.8, 4) is 0 Å². The lowest BCUT2D eigenvalue weighted by Gasteiger charge is -2.40. The first-order valence-electron chi connectivity index (χ1n) is 9.32. The van der Waals surface area contributed by atoms with Gasteiger partial charge < -0.3 is 14.8 Å². The van der Waals surface area contributed by atoms with Gasteiger partial charge in [-0.25, -0.2) is 4.98 Å². The molecule has 4 rings (SSSR count). The molecule has 1 aliphatic rings. The van der Waals surface area contributed by atoms with E-state index in [2.05, 4.69) is 21.9 Å². The third-order valence-electron chi connectivity index (χ3n) is 5.38. The maximum Gasteiger partial charge on any atom is 0.245 e. The molecule has 1 aromatic heterocycles. The van der Waals surface area contributed by atoms with Gasteiger partial charge in [0, 0.05) is 38.6 Å². The summed E-state index contributed by atoms with van der Waals surface area (Å²) in [7, 11) is 2.09. The zero-order valence-electron chi connectivity index (χ0n) is 15.5. The smallest absolute Gasteiger partial charge is 0.245 e. The van der Waals surface area contributed by atoms with E-state index in [1.54, 1.807) is 12.4 Å². The zero-order valence-corrected chi connectivity index (χ0v) is 15.5. The van der Waals surface area contributed by atoms with Crippen LogP contribution in [-0.4, -0.2) is 58.9 Å². The van der Waals surface area contributed by atoms with E-state index < -0.39 is 5.41 Å². The second kappa shape index (κ2) is 7.37. The third-order valence-corrected chi connectivity index (χ3v) is 5.38. The van der Waals surface area contributed by atoms with Crippen molar-refractivity contribution in [1.82, 2.24) is 19.8 Å². The molecule has 2 heterocycles. The Morgan fingerprint density at radius 1 is 0.926 bits per heavy atom. The van der Waals surface area contributed by atoms with E-state index in [-0.39, 0.29) is 5.91 Å². The largest absolute Gasteiger partial charge is 0.347 e. The summed E-state index contributed by atoms with van der Waals surface area (Å²) >= 11 is 0. The van der Waals surface area contributed by atoms with E-state index >= 15 is 0 Å². The summed E-state index contributed by atoms with van der Waals surface area (Å²) in [6, 6.07) is 19.9. The van der Waals surface area contributed by atoms with Gasteiger partial charge in [0.2, 0.25) is 5.91 Å². The highest BCUT2D eigenvalue weighted by molar-refractivity contribution is 5.95. The van der Waals surface area contributed by atoms with Crippen molar-refractivity contribution < 1.29 is 4.79 Å². The first-order valence-corrected chi connectivity index (χ1v) is 9.32. The quantitative estimate of drug-likeness (QED) is 0.778. The minimum atomic E-state index is -0.984. The lowest BCUT2D eigenvalue weighted by atomic mass is 9.72. The molecular weight excluding hydrogens is 336 g/mol. The molecule has 0 aliphatic carbocycles. The Bertz CT molecular complexity index is 830. The second-order valence-electron chi connectivity index (χ2n) is 7.02. The van der Waals surface area contributed by atoms with E-state index in [1.165, 1.54) is 0 Å². The minimum absolute atomic E-state index is 0.0722. The summed E-state index contributed by atoms with van der Waals surface area (Å²) in [6.45, 7) is 3.20. The molecule has 5 nitrogen and oxygen atoms in total. The number of hydrogen-bond acceptors (Lipinski definition) is 3. The number of carbonyl (C=O) groups excluding carboxylic acids is 1. The van der Waals surface area contributed by atoms with Gasteiger partial charge in [-0.2, -0.15) is 0 Å². The fourth-order valence-electron chi connectivity index (χ4n) is 3.88. The van der Waals surface area contributed by atoms with Gasteiger partial charge >= 0.3 is 0 Å². The van der Waals surface area contributed by atoms with Crippen LogP contribution in [0.4, 0.5) is 0 Å². The maximum absolute atomic E-state index is 14.1. The van der Waals surface area contributed by atoms with Gasteiger partial charge in [-0.1, -0.05) is 60.7 Å². The molecule has 1 amide bonds. The number of nitrogens with one attached hydrogen (secondary N) is 1. The van der Waals surface area contributed by atoms with E-state index in [1.807, 2.05) is 65.6 Å². The Kier molecular flexibility index (Phi) is 4.77. The summed E-state index contributed by atoms with van der Waals surface area (Å²) in [5.41, 5.74) is 0.868. The van der Waals surface area contributed by atoms with Crippen molar-refractivity contribution in [2.45, 2.75) is 5.41 Å². The number of H-pyrrole nitrogens is 1. The summed E-state index contributed by atoms with van der Waals surface area (Å²) in [5, 5.41) is 0. The minimum Gasteiger partial charge on any atom is -0.347 e. The van der Waals surface area contributed by atoms with E-state index in [4.69, 9.17) is 0 Å². The van der Waals surface area contributed by atoms with Crippen LogP contribution in [0.15, 0.2) is 73.1 Å². The van der Waals surface area contributed by atoms with Crippen molar-refractivity contribution in [3.05, 3.63) is 90.0 Å². The number of hydrogen-bond donors (Lipinski definition) is 1. The fourth-order valence-corrected chi connectivity index (χ4v) is 3.88. The molecular formula is C22H24N4O. The van der Waals surface area contributed by atoms with E-state index in [0.29, 0.717) is 5.82 Å². The van der Waals surface area contributed by atoms with Crippen LogP contribution in [0.1, 0.15) is 17.0 Å². The molecule has 0 atom stereocenters. The monoisotopic (exact) mass is 360 g/mol. The molecule has 1 N–H and O–H groups in total. The molecule has 1 saturated heterocycles. The van der Waals surface area contributed by atoms with Gasteiger partial charge in [0.15, 0.2) is 5.41 Å². The van der Waals surface area contributed by atoms with Crippen molar-refractivity contribution in [1.29, 1.82) is 0 Å². The Morgan fingerprint density at radius 3 is 1.96 bits per heavy atom. The van der Waals surface area contributed by atoms with Crippen LogP contribution < -0.4 is 0 Å². The molecule has 1 aliphatic heterocycles.